The highest BCUT2D eigenvalue weighted by atomic mass is 16.5. The number of fused-ring (bicyclic) bond motifs is 1. The smallest absolute Gasteiger partial charge is 0.147 e. The first-order chi connectivity index (χ1) is 9.60. The van der Waals surface area contributed by atoms with Crippen LogP contribution in [0.4, 0.5) is 0 Å². The van der Waals surface area contributed by atoms with E-state index in [1.165, 1.54) is 5.56 Å². The maximum absolute atomic E-state index is 6.48. The van der Waals surface area contributed by atoms with E-state index in [-0.39, 0.29) is 12.1 Å². The number of rotatable bonds is 2. The van der Waals surface area contributed by atoms with Gasteiger partial charge in [0.1, 0.15) is 17.4 Å². The molecule has 0 bridgehead atoms. The molecule has 5 nitrogen and oxygen atoms in total. The molecule has 1 aliphatic carbocycles. The Labute approximate surface area is 118 Å². The highest BCUT2D eigenvalue weighted by molar-refractivity contribution is 5.40. The van der Waals surface area contributed by atoms with Crippen LogP contribution in [-0.2, 0) is 6.42 Å². The molecule has 1 aromatic heterocycles. The minimum Gasteiger partial charge on any atom is -0.497 e. The molecular weight excluding hydrogens is 252 g/mol. The molecule has 20 heavy (non-hydrogen) atoms. The average molecular weight is 272 g/mol. The zero-order valence-electron chi connectivity index (χ0n) is 12.1. The summed E-state index contributed by atoms with van der Waals surface area (Å²) in [7, 11) is 1.68. The van der Waals surface area contributed by atoms with E-state index in [4.69, 9.17) is 10.5 Å². The highest BCUT2D eigenvalue weighted by Crippen LogP contribution is 2.37. The third-order valence-electron chi connectivity index (χ3n) is 4.06. The molecule has 2 N–H and O–H groups in total. The van der Waals surface area contributed by atoms with E-state index >= 15 is 0 Å². The van der Waals surface area contributed by atoms with Crippen LogP contribution in [-0.4, -0.2) is 21.9 Å². The molecule has 106 valence electrons. The Hall–Kier alpha value is -1.88. The molecule has 0 fully saturated rings. The summed E-state index contributed by atoms with van der Waals surface area (Å²) in [5.74, 6) is 2.58. The minimum absolute atomic E-state index is 0.0753. The summed E-state index contributed by atoms with van der Waals surface area (Å²) in [4.78, 5) is 4.38. The molecule has 1 aliphatic rings. The lowest BCUT2D eigenvalue weighted by molar-refractivity contribution is 0.333. The molecule has 2 unspecified atom stereocenters. The van der Waals surface area contributed by atoms with E-state index in [0.717, 1.165) is 35.8 Å². The van der Waals surface area contributed by atoms with Crippen LogP contribution in [0.15, 0.2) is 18.2 Å². The third kappa shape index (κ3) is 2.08. The molecule has 0 radical (unpaired) electrons. The van der Waals surface area contributed by atoms with Crippen molar-refractivity contribution in [1.82, 2.24) is 14.8 Å². The van der Waals surface area contributed by atoms with E-state index in [0.29, 0.717) is 0 Å². The number of nitrogens with two attached hydrogens (primary N) is 1. The summed E-state index contributed by atoms with van der Waals surface area (Å²) in [5.41, 5.74) is 8.95. The SMILES string of the molecule is COc1ccc2c(c1)C(N)C(n1nc(C)nc1C)CC2. The van der Waals surface area contributed by atoms with Crippen molar-refractivity contribution < 1.29 is 4.74 Å². The van der Waals surface area contributed by atoms with Crippen molar-refractivity contribution in [3.05, 3.63) is 41.0 Å². The fourth-order valence-corrected chi connectivity index (χ4v) is 3.05. The van der Waals surface area contributed by atoms with E-state index in [9.17, 15) is 0 Å². The van der Waals surface area contributed by atoms with Crippen molar-refractivity contribution in [2.45, 2.75) is 38.8 Å². The van der Waals surface area contributed by atoms with Gasteiger partial charge in [0.05, 0.1) is 19.2 Å². The van der Waals surface area contributed by atoms with Gasteiger partial charge >= 0.3 is 0 Å². The maximum Gasteiger partial charge on any atom is 0.147 e. The predicted molar refractivity (Wildman–Crippen MR) is 76.8 cm³/mol. The molecule has 3 rings (SSSR count). The van der Waals surface area contributed by atoms with Gasteiger partial charge < -0.3 is 10.5 Å². The molecule has 0 aliphatic heterocycles. The molecule has 2 aromatic rings. The second kappa shape index (κ2) is 4.90. The highest BCUT2D eigenvalue weighted by Gasteiger charge is 2.30. The number of ether oxygens (including phenoxy) is 1. The van der Waals surface area contributed by atoms with E-state index < -0.39 is 0 Å². The minimum atomic E-state index is -0.0753. The van der Waals surface area contributed by atoms with Crippen LogP contribution < -0.4 is 10.5 Å². The normalized spacial score (nSPS) is 21.6. The lowest BCUT2D eigenvalue weighted by Crippen LogP contribution is -2.31. The topological polar surface area (TPSA) is 66.0 Å². The van der Waals surface area contributed by atoms with Crippen LogP contribution in [0.3, 0.4) is 0 Å². The molecule has 1 heterocycles. The Bertz CT molecular complexity index is 635. The van der Waals surface area contributed by atoms with E-state index in [1.807, 2.05) is 30.7 Å². The number of aromatic nitrogens is 3. The van der Waals surface area contributed by atoms with Crippen LogP contribution in [0.5, 0.6) is 5.75 Å². The first-order valence-electron chi connectivity index (χ1n) is 6.92. The zero-order valence-corrected chi connectivity index (χ0v) is 12.1. The van der Waals surface area contributed by atoms with Gasteiger partial charge in [-0.05, 0) is 49.9 Å². The Morgan fingerprint density at radius 2 is 2.15 bits per heavy atom. The number of methoxy groups -OCH3 is 1. The van der Waals surface area contributed by atoms with Crippen molar-refractivity contribution in [3.63, 3.8) is 0 Å². The summed E-state index contributed by atoms with van der Waals surface area (Å²) in [6.07, 6.45) is 2.00. The fraction of sp³-hybridized carbons (Fsp3) is 0.467. The Morgan fingerprint density at radius 1 is 1.35 bits per heavy atom. The number of benzene rings is 1. The monoisotopic (exact) mass is 272 g/mol. The van der Waals surface area contributed by atoms with Crippen molar-refractivity contribution >= 4 is 0 Å². The second-order valence-electron chi connectivity index (χ2n) is 5.35. The number of nitrogens with zero attached hydrogens (tertiary/aromatic N) is 3. The van der Waals surface area contributed by atoms with Crippen LogP contribution in [0.25, 0.3) is 0 Å². The van der Waals surface area contributed by atoms with Gasteiger partial charge in [-0.2, -0.15) is 5.10 Å². The summed E-state index contributed by atoms with van der Waals surface area (Å²) in [6, 6.07) is 6.25. The van der Waals surface area contributed by atoms with Crippen molar-refractivity contribution in [3.8, 4) is 5.75 Å². The van der Waals surface area contributed by atoms with Gasteiger partial charge in [0.2, 0.25) is 0 Å². The first kappa shape index (κ1) is 13.1. The average Bonchev–Trinajstić information content (AvgIpc) is 2.78. The van der Waals surface area contributed by atoms with Gasteiger partial charge in [-0.3, -0.25) is 0 Å². The summed E-state index contributed by atoms with van der Waals surface area (Å²) >= 11 is 0. The van der Waals surface area contributed by atoms with Crippen molar-refractivity contribution in [2.24, 2.45) is 5.73 Å². The summed E-state index contributed by atoms with van der Waals surface area (Å²) < 4.78 is 7.28. The summed E-state index contributed by atoms with van der Waals surface area (Å²) in [5, 5.41) is 4.49. The Kier molecular flexibility index (Phi) is 3.22. The molecule has 1 aromatic carbocycles. The maximum atomic E-state index is 6.48. The van der Waals surface area contributed by atoms with Gasteiger partial charge in [-0.15, -0.1) is 0 Å². The van der Waals surface area contributed by atoms with Crippen LogP contribution in [0.2, 0.25) is 0 Å². The summed E-state index contributed by atoms with van der Waals surface area (Å²) in [6.45, 7) is 3.89. The molecule has 0 amide bonds. The quantitative estimate of drug-likeness (QED) is 0.909. The van der Waals surface area contributed by atoms with Gasteiger partial charge in [-0.1, -0.05) is 6.07 Å². The Morgan fingerprint density at radius 3 is 2.80 bits per heavy atom. The predicted octanol–water partition coefficient (Wildman–Crippen LogP) is 2.09. The molecule has 0 spiro atoms. The first-order valence-corrected chi connectivity index (χ1v) is 6.92. The molecule has 0 saturated heterocycles. The molecule has 2 atom stereocenters. The number of hydrogen-bond acceptors (Lipinski definition) is 4. The number of aryl methyl sites for hydroxylation is 3. The van der Waals surface area contributed by atoms with Crippen LogP contribution in [0, 0.1) is 13.8 Å². The van der Waals surface area contributed by atoms with Crippen molar-refractivity contribution in [1.29, 1.82) is 0 Å². The molecular formula is C15H20N4O. The number of hydrogen-bond donors (Lipinski definition) is 1. The molecule has 5 heteroatoms. The second-order valence-corrected chi connectivity index (χ2v) is 5.35. The lowest BCUT2D eigenvalue weighted by atomic mass is 9.84. The van der Waals surface area contributed by atoms with Gasteiger partial charge in [-0.25, -0.2) is 9.67 Å². The van der Waals surface area contributed by atoms with Crippen LogP contribution in [0.1, 0.15) is 41.3 Å². The van der Waals surface area contributed by atoms with Crippen molar-refractivity contribution in [2.75, 3.05) is 7.11 Å². The van der Waals surface area contributed by atoms with Gasteiger partial charge in [0, 0.05) is 0 Å². The lowest BCUT2D eigenvalue weighted by Gasteiger charge is -2.31. The fourth-order valence-electron chi connectivity index (χ4n) is 3.05. The van der Waals surface area contributed by atoms with Gasteiger partial charge in [0.25, 0.3) is 0 Å². The molecule has 0 saturated carbocycles. The standard InChI is InChI=1S/C15H20N4O/c1-9-17-10(2)19(18-9)14-7-5-11-4-6-12(20-3)8-13(11)15(14)16/h4,6,8,14-15H,5,7,16H2,1-3H3. The largest absolute Gasteiger partial charge is 0.497 e. The third-order valence-corrected chi connectivity index (χ3v) is 4.06. The Balaban J connectivity index is 1.99. The van der Waals surface area contributed by atoms with E-state index in [1.54, 1.807) is 7.11 Å². The van der Waals surface area contributed by atoms with Crippen LogP contribution >= 0.6 is 0 Å². The van der Waals surface area contributed by atoms with E-state index in [2.05, 4.69) is 16.1 Å². The zero-order chi connectivity index (χ0) is 14.3. The van der Waals surface area contributed by atoms with Gasteiger partial charge in [0.15, 0.2) is 0 Å².